The molecule has 1 aromatic heterocycles. The fourth-order valence-corrected chi connectivity index (χ4v) is 1.49. The minimum Gasteiger partial charge on any atom is -0.365 e. The van der Waals surface area contributed by atoms with Gasteiger partial charge in [0.2, 0.25) is 5.89 Å². The van der Waals surface area contributed by atoms with Gasteiger partial charge in [0.05, 0.1) is 0 Å². The summed E-state index contributed by atoms with van der Waals surface area (Å²) in [6.45, 7) is 0. The first-order valence-electron chi connectivity index (χ1n) is 4.27. The van der Waals surface area contributed by atoms with Crippen molar-refractivity contribution in [2.75, 3.05) is 5.73 Å². The molecule has 1 atom stereocenters. The molecule has 0 unspecified atom stereocenters. The largest absolute Gasteiger partial charge is 0.365 e. The van der Waals surface area contributed by atoms with Crippen LogP contribution in [0.2, 0.25) is 5.02 Å². The molecule has 2 aromatic rings. The van der Waals surface area contributed by atoms with E-state index in [0.29, 0.717) is 5.02 Å². The summed E-state index contributed by atoms with van der Waals surface area (Å²) < 4.78 is 4.87. The van der Waals surface area contributed by atoms with Gasteiger partial charge in [-0.1, -0.05) is 29.8 Å². The minimum atomic E-state index is -0.552. The maximum atomic E-state index is 5.97. The van der Waals surface area contributed by atoms with Crippen LogP contribution in [0.1, 0.15) is 17.5 Å². The molecule has 0 aliphatic carbocycles. The number of anilines is 1. The highest BCUT2D eigenvalue weighted by Gasteiger charge is 2.17. The Bertz CT molecular complexity index is 471. The van der Waals surface area contributed by atoms with Crippen LogP contribution in [0.15, 0.2) is 28.8 Å². The quantitative estimate of drug-likeness (QED) is 0.804. The molecule has 0 saturated heterocycles. The second-order valence-corrected chi connectivity index (χ2v) is 3.40. The van der Waals surface area contributed by atoms with Gasteiger partial charge in [-0.15, -0.1) is 0 Å². The first-order valence-corrected chi connectivity index (χ1v) is 4.65. The van der Waals surface area contributed by atoms with Gasteiger partial charge in [-0.3, -0.25) is 0 Å². The van der Waals surface area contributed by atoms with Crippen molar-refractivity contribution in [3.05, 3.63) is 40.7 Å². The zero-order chi connectivity index (χ0) is 10.8. The van der Waals surface area contributed by atoms with Crippen LogP contribution in [0.4, 0.5) is 5.95 Å². The standard InChI is InChI=1S/C9H9ClN4O/c10-6-4-2-1-3-5(6)7(11)8-13-9(12)14-15-8/h1-4,7H,11H2,(H2,12,14)/t7-/m1/s1. The second kappa shape index (κ2) is 3.88. The molecule has 15 heavy (non-hydrogen) atoms. The van der Waals surface area contributed by atoms with Crippen molar-refractivity contribution in [2.24, 2.45) is 5.73 Å². The van der Waals surface area contributed by atoms with Crippen molar-refractivity contribution in [1.29, 1.82) is 0 Å². The van der Waals surface area contributed by atoms with Gasteiger partial charge in [-0.05, 0) is 16.8 Å². The number of hydrogen-bond donors (Lipinski definition) is 2. The van der Waals surface area contributed by atoms with Crippen LogP contribution in [-0.4, -0.2) is 10.1 Å². The Morgan fingerprint density at radius 2 is 2.07 bits per heavy atom. The topological polar surface area (TPSA) is 91.0 Å². The smallest absolute Gasteiger partial charge is 0.260 e. The molecule has 0 saturated carbocycles. The summed E-state index contributed by atoms with van der Waals surface area (Å²) in [5.74, 6) is 0.313. The summed E-state index contributed by atoms with van der Waals surface area (Å²) in [5.41, 5.74) is 11.9. The van der Waals surface area contributed by atoms with Crippen LogP contribution in [0, 0.1) is 0 Å². The maximum Gasteiger partial charge on any atom is 0.260 e. The van der Waals surface area contributed by atoms with Gasteiger partial charge in [0, 0.05) is 5.02 Å². The average Bonchev–Trinajstić information content (AvgIpc) is 2.65. The number of hydrogen-bond acceptors (Lipinski definition) is 5. The lowest BCUT2D eigenvalue weighted by Gasteiger charge is -2.08. The number of nitrogens with zero attached hydrogens (tertiary/aromatic N) is 2. The van der Waals surface area contributed by atoms with Gasteiger partial charge in [0.1, 0.15) is 6.04 Å². The molecule has 2 rings (SSSR count). The van der Waals surface area contributed by atoms with Gasteiger partial charge in [0.25, 0.3) is 5.95 Å². The van der Waals surface area contributed by atoms with Crippen LogP contribution in [-0.2, 0) is 0 Å². The monoisotopic (exact) mass is 224 g/mol. The lowest BCUT2D eigenvalue weighted by atomic mass is 10.1. The minimum absolute atomic E-state index is 0.0625. The van der Waals surface area contributed by atoms with E-state index in [0.717, 1.165) is 5.56 Å². The predicted octanol–water partition coefficient (Wildman–Crippen LogP) is 1.35. The maximum absolute atomic E-state index is 5.97. The van der Waals surface area contributed by atoms with E-state index in [1.807, 2.05) is 12.1 Å². The van der Waals surface area contributed by atoms with Gasteiger partial charge in [-0.2, -0.15) is 4.98 Å². The fourth-order valence-electron chi connectivity index (χ4n) is 1.23. The Labute approximate surface area is 91.0 Å². The number of aromatic nitrogens is 2. The number of halogens is 1. The van der Waals surface area contributed by atoms with Gasteiger partial charge in [-0.25, -0.2) is 0 Å². The summed E-state index contributed by atoms with van der Waals surface area (Å²) in [6.07, 6.45) is 0. The molecule has 0 radical (unpaired) electrons. The SMILES string of the molecule is Nc1noc([C@H](N)c2ccccc2Cl)n1. The third-order valence-electron chi connectivity index (χ3n) is 1.96. The van der Waals surface area contributed by atoms with Crippen LogP contribution in [0.3, 0.4) is 0 Å². The lowest BCUT2D eigenvalue weighted by Crippen LogP contribution is -2.12. The van der Waals surface area contributed by atoms with E-state index in [-0.39, 0.29) is 11.8 Å². The molecule has 0 aliphatic rings. The third-order valence-corrected chi connectivity index (χ3v) is 2.31. The normalized spacial score (nSPS) is 12.7. The van der Waals surface area contributed by atoms with Gasteiger partial charge in [0.15, 0.2) is 0 Å². The van der Waals surface area contributed by atoms with E-state index in [9.17, 15) is 0 Å². The van der Waals surface area contributed by atoms with E-state index >= 15 is 0 Å². The van der Waals surface area contributed by atoms with Crippen molar-refractivity contribution >= 4 is 17.5 Å². The van der Waals surface area contributed by atoms with Crippen molar-refractivity contribution < 1.29 is 4.52 Å². The molecule has 1 aromatic carbocycles. The molecule has 4 N–H and O–H groups in total. The highest BCUT2D eigenvalue weighted by molar-refractivity contribution is 6.31. The summed E-state index contributed by atoms with van der Waals surface area (Å²) in [7, 11) is 0. The third kappa shape index (κ3) is 1.93. The molecule has 78 valence electrons. The molecule has 0 amide bonds. The van der Waals surface area contributed by atoms with E-state index in [2.05, 4.69) is 10.1 Å². The predicted molar refractivity (Wildman–Crippen MR) is 56.2 cm³/mol. The molecular weight excluding hydrogens is 216 g/mol. The Kier molecular flexibility index (Phi) is 2.57. The Morgan fingerprint density at radius 3 is 2.67 bits per heavy atom. The molecule has 0 fully saturated rings. The number of nitrogens with two attached hydrogens (primary N) is 2. The van der Waals surface area contributed by atoms with Crippen molar-refractivity contribution in [1.82, 2.24) is 10.1 Å². The van der Waals surface area contributed by atoms with E-state index < -0.39 is 6.04 Å². The van der Waals surface area contributed by atoms with Gasteiger partial charge >= 0.3 is 0 Å². The molecule has 1 heterocycles. The molecule has 0 bridgehead atoms. The Hall–Kier alpha value is -1.59. The Morgan fingerprint density at radius 1 is 1.33 bits per heavy atom. The summed E-state index contributed by atoms with van der Waals surface area (Å²) >= 11 is 5.97. The first kappa shape index (κ1) is 9.95. The Balaban J connectivity index is 2.36. The second-order valence-electron chi connectivity index (χ2n) is 2.99. The zero-order valence-electron chi connectivity index (χ0n) is 7.72. The average molecular weight is 225 g/mol. The number of benzene rings is 1. The van der Waals surface area contributed by atoms with Crippen LogP contribution >= 0.6 is 11.6 Å². The van der Waals surface area contributed by atoms with Crippen molar-refractivity contribution in [3.63, 3.8) is 0 Å². The summed E-state index contributed by atoms with van der Waals surface area (Å²) in [6, 6.07) is 6.65. The molecule has 5 nitrogen and oxygen atoms in total. The lowest BCUT2D eigenvalue weighted by molar-refractivity contribution is 0.368. The number of nitrogen functional groups attached to an aromatic ring is 1. The van der Waals surface area contributed by atoms with Crippen molar-refractivity contribution in [2.45, 2.75) is 6.04 Å². The molecular formula is C9H9ClN4O. The van der Waals surface area contributed by atoms with E-state index in [1.54, 1.807) is 12.1 Å². The van der Waals surface area contributed by atoms with E-state index in [1.165, 1.54) is 0 Å². The highest BCUT2D eigenvalue weighted by Crippen LogP contribution is 2.25. The van der Waals surface area contributed by atoms with E-state index in [4.69, 9.17) is 27.6 Å². The first-order chi connectivity index (χ1) is 7.18. The molecule has 0 aliphatic heterocycles. The molecule has 0 spiro atoms. The fraction of sp³-hybridized carbons (Fsp3) is 0.111. The molecule has 6 heteroatoms. The summed E-state index contributed by atoms with van der Waals surface area (Å²) in [4.78, 5) is 3.84. The summed E-state index contributed by atoms with van der Waals surface area (Å²) in [5, 5.41) is 4.02. The zero-order valence-corrected chi connectivity index (χ0v) is 8.48. The highest BCUT2D eigenvalue weighted by atomic mass is 35.5. The van der Waals surface area contributed by atoms with Gasteiger partial charge < -0.3 is 16.0 Å². The van der Waals surface area contributed by atoms with Crippen LogP contribution < -0.4 is 11.5 Å². The van der Waals surface area contributed by atoms with Crippen LogP contribution in [0.5, 0.6) is 0 Å². The number of rotatable bonds is 2. The van der Waals surface area contributed by atoms with Crippen LogP contribution in [0.25, 0.3) is 0 Å². The van der Waals surface area contributed by atoms with Crippen molar-refractivity contribution in [3.8, 4) is 0 Å².